The van der Waals surface area contributed by atoms with Gasteiger partial charge in [0.25, 0.3) is 5.91 Å². The standard InChI is InChI=1S/C13H10BrNO2S2/c1-6(16)12(19-7(2)18)11-9-5-8(14)3-4-10(9)15-13(11)17/h3-5H,1-2H3,(H,15,17)/b12-11-. The van der Waals surface area contributed by atoms with Crippen molar-refractivity contribution >= 4 is 67.1 Å². The Labute approximate surface area is 129 Å². The van der Waals surface area contributed by atoms with E-state index in [0.29, 0.717) is 20.4 Å². The molecule has 0 unspecified atom stereocenters. The number of thiocarbonyl (C=S) groups is 1. The molecule has 0 aliphatic carbocycles. The van der Waals surface area contributed by atoms with E-state index in [1.165, 1.54) is 6.92 Å². The van der Waals surface area contributed by atoms with Crippen LogP contribution in [-0.4, -0.2) is 15.9 Å². The van der Waals surface area contributed by atoms with Gasteiger partial charge in [0.15, 0.2) is 5.78 Å². The number of halogens is 1. The molecule has 19 heavy (non-hydrogen) atoms. The summed E-state index contributed by atoms with van der Waals surface area (Å²) in [5, 5.41) is 2.76. The van der Waals surface area contributed by atoms with Crippen molar-refractivity contribution in [2.24, 2.45) is 0 Å². The molecule has 1 aliphatic rings. The van der Waals surface area contributed by atoms with Gasteiger partial charge >= 0.3 is 0 Å². The number of carbonyl (C=O) groups is 2. The molecule has 0 saturated heterocycles. The lowest BCUT2D eigenvalue weighted by Crippen LogP contribution is -2.08. The van der Waals surface area contributed by atoms with Crippen LogP contribution in [0, 0.1) is 0 Å². The van der Waals surface area contributed by atoms with Crippen molar-refractivity contribution in [3.63, 3.8) is 0 Å². The predicted molar refractivity (Wildman–Crippen MR) is 86.2 cm³/mol. The van der Waals surface area contributed by atoms with E-state index in [2.05, 4.69) is 21.2 Å². The van der Waals surface area contributed by atoms with Gasteiger partial charge in [-0.3, -0.25) is 9.59 Å². The summed E-state index contributed by atoms with van der Waals surface area (Å²) in [7, 11) is 0. The number of carbonyl (C=O) groups excluding carboxylic acids is 2. The third-order valence-corrected chi connectivity index (χ3v) is 4.25. The fourth-order valence-corrected chi connectivity index (χ4v) is 3.15. The fourth-order valence-electron chi connectivity index (χ4n) is 1.81. The average Bonchev–Trinajstić information content (AvgIpc) is 2.61. The van der Waals surface area contributed by atoms with Crippen LogP contribution in [0.1, 0.15) is 19.4 Å². The van der Waals surface area contributed by atoms with E-state index in [0.717, 1.165) is 21.8 Å². The number of amides is 1. The minimum Gasteiger partial charge on any atom is -0.321 e. The summed E-state index contributed by atoms with van der Waals surface area (Å²) in [6.07, 6.45) is 0. The summed E-state index contributed by atoms with van der Waals surface area (Å²) in [4.78, 5) is 24.2. The smallest absolute Gasteiger partial charge is 0.257 e. The van der Waals surface area contributed by atoms with Crippen molar-refractivity contribution < 1.29 is 9.59 Å². The molecule has 0 aromatic heterocycles. The fraction of sp³-hybridized carbons (Fsp3) is 0.154. The van der Waals surface area contributed by atoms with Gasteiger partial charge < -0.3 is 5.32 Å². The van der Waals surface area contributed by atoms with Crippen molar-refractivity contribution in [3.8, 4) is 0 Å². The van der Waals surface area contributed by atoms with Crippen molar-refractivity contribution in [2.45, 2.75) is 13.8 Å². The normalized spacial score (nSPS) is 15.8. The first-order chi connectivity index (χ1) is 8.90. The molecule has 1 amide bonds. The second kappa shape index (κ2) is 5.56. The zero-order valence-corrected chi connectivity index (χ0v) is 13.5. The second-order valence-electron chi connectivity index (χ2n) is 4.00. The number of benzene rings is 1. The van der Waals surface area contributed by atoms with Gasteiger partial charge in [0, 0.05) is 19.9 Å². The number of hydrogen-bond donors (Lipinski definition) is 1. The average molecular weight is 356 g/mol. The number of Topliss-reactive ketones (excluding diaryl/α,β-unsaturated/α-hetero) is 1. The van der Waals surface area contributed by atoms with Crippen LogP contribution in [0.4, 0.5) is 5.69 Å². The molecule has 0 bridgehead atoms. The van der Waals surface area contributed by atoms with Crippen molar-refractivity contribution in [2.75, 3.05) is 5.32 Å². The molecule has 0 saturated carbocycles. The van der Waals surface area contributed by atoms with Crippen LogP contribution in [0.25, 0.3) is 5.57 Å². The molecule has 0 atom stereocenters. The Kier molecular flexibility index (Phi) is 4.23. The summed E-state index contributed by atoms with van der Waals surface area (Å²) in [6, 6.07) is 5.47. The molecule has 2 rings (SSSR count). The van der Waals surface area contributed by atoms with E-state index >= 15 is 0 Å². The van der Waals surface area contributed by atoms with Crippen LogP contribution < -0.4 is 5.32 Å². The third-order valence-electron chi connectivity index (χ3n) is 2.52. The summed E-state index contributed by atoms with van der Waals surface area (Å²) < 4.78 is 1.46. The summed E-state index contributed by atoms with van der Waals surface area (Å²) in [5.41, 5.74) is 1.84. The van der Waals surface area contributed by atoms with E-state index < -0.39 is 0 Å². The maximum absolute atomic E-state index is 12.1. The molecule has 6 heteroatoms. The second-order valence-corrected chi connectivity index (χ2v) is 7.01. The number of rotatable bonds is 2. The highest BCUT2D eigenvalue weighted by Crippen LogP contribution is 2.39. The minimum atomic E-state index is -0.262. The summed E-state index contributed by atoms with van der Waals surface area (Å²) >= 11 is 9.56. The van der Waals surface area contributed by atoms with Crippen molar-refractivity contribution in [1.29, 1.82) is 0 Å². The number of nitrogens with one attached hydrogen (secondary N) is 1. The van der Waals surface area contributed by atoms with Gasteiger partial charge in [0.05, 0.1) is 10.5 Å². The molecule has 1 aromatic rings. The van der Waals surface area contributed by atoms with Gasteiger partial charge in [-0.1, -0.05) is 39.9 Å². The quantitative estimate of drug-likeness (QED) is 0.647. The Balaban J connectivity index is 2.66. The highest BCUT2D eigenvalue weighted by molar-refractivity contribution is 9.10. The highest BCUT2D eigenvalue weighted by atomic mass is 79.9. The molecule has 0 fully saturated rings. The van der Waals surface area contributed by atoms with Crippen LogP contribution in [0.15, 0.2) is 27.6 Å². The van der Waals surface area contributed by atoms with Crippen molar-refractivity contribution in [1.82, 2.24) is 0 Å². The van der Waals surface area contributed by atoms with Crippen LogP contribution in [0.2, 0.25) is 0 Å². The molecule has 0 spiro atoms. The minimum absolute atomic E-state index is 0.160. The maximum atomic E-state index is 12.1. The van der Waals surface area contributed by atoms with Crippen LogP contribution in [0.3, 0.4) is 0 Å². The number of hydrogen-bond acceptors (Lipinski definition) is 4. The molecular formula is C13H10BrNO2S2. The Morgan fingerprint density at radius 1 is 1.37 bits per heavy atom. The Morgan fingerprint density at radius 3 is 2.63 bits per heavy atom. The molecule has 1 heterocycles. The number of ketones is 1. The number of fused-ring (bicyclic) bond motifs is 1. The highest BCUT2D eigenvalue weighted by Gasteiger charge is 2.29. The van der Waals surface area contributed by atoms with Crippen molar-refractivity contribution in [3.05, 3.63) is 33.1 Å². The Bertz CT molecular complexity index is 638. The van der Waals surface area contributed by atoms with Gasteiger partial charge in [-0.05, 0) is 32.0 Å². The molecule has 1 aromatic carbocycles. The van der Waals surface area contributed by atoms with E-state index in [1.807, 2.05) is 12.1 Å². The van der Waals surface area contributed by atoms with Crippen LogP contribution >= 0.6 is 39.9 Å². The van der Waals surface area contributed by atoms with Crippen LogP contribution in [-0.2, 0) is 9.59 Å². The van der Waals surface area contributed by atoms with E-state index in [-0.39, 0.29) is 11.7 Å². The zero-order chi connectivity index (χ0) is 14.2. The largest absolute Gasteiger partial charge is 0.321 e. The predicted octanol–water partition coefficient (Wildman–Crippen LogP) is 3.78. The zero-order valence-electron chi connectivity index (χ0n) is 10.2. The molecule has 98 valence electrons. The molecule has 3 nitrogen and oxygen atoms in total. The summed E-state index contributed by atoms with van der Waals surface area (Å²) in [6.45, 7) is 3.18. The molecule has 1 aliphatic heterocycles. The van der Waals surface area contributed by atoms with E-state index in [1.54, 1.807) is 13.0 Å². The van der Waals surface area contributed by atoms with Gasteiger partial charge in [0.2, 0.25) is 0 Å². The van der Waals surface area contributed by atoms with Gasteiger partial charge in [-0.2, -0.15) is 0 Å². The molecule has 0 radical (unpaired) electrons. The first-order valence-corrected chi connectivity index (χ1v) is 7.47. The summed E-state index contributed by atoms with van der Waals surface area (Å²) in [5.74, 6) is -0.422. The number of allylic oxidation sites excluding steroid dienone is 1. The van der Waals surface area contributed by atoms with Gasteiger partial charge in [-0.15, -0.1) is 0 Å². The Hall–Kier alpha value is -0.980. The Morgan fingerprint density at radius 2 is 2.05 bits per heavy atom. The van der Waals surface area contributed by atoms with Gasteiger partial charge in [0.1, 0.15) is 0 Å². The maximum Gasteiger partial charge on any atom is 0.257 e. The van der Waals surface area contributed by atoms with E-state index in [4.69, 9.17) is 12.2 Å². The number of thioether (sulfide) groups is 1. The lowest BCUT2D eigenvalue weighted by molar-refractivity contribution is -0.114. The van der Waals surface area contributed by atoms with E-state index in [9.17, 15) is 9.59 Å². The number of anilines is 1. The topological polar surface area (TPSA) is 46.2 Å². The first-order valence-electron chi connectivity index (χ1n) is 5.45. The third kappa shape index (κ3) is 2.96. The monoisotopic (exact) mass is 355 g/mol. The SMILES string of the molecule is CC(=O)/C(SC(C)=S)=C1/C(=O)Nc2ccc(Br)cc21. The lowest BCUT2D eigenvalue weighted by atomic mass is 10.1. The van der Waals surface area contributed by atoms with Crippen LogP contribution in [0.5, 0.6) is 0 Å². The first kappa shape index (κ1) is 14.4. The molecule has 1 N–H and O–H groups in total. The van der Waals surface area contributed by atoms with Gasteiger partial charge in [-0.25, -0.2) is 0 Å². The molecular weight excluding hydrogens is 346 g/mol. The lowest BCUT2D eigenvalue weighted by Gasteiger charge is -2.06.